The average Bonchev–Trinajstić information content (AvgIpc) is 2.37. The zero-order valence-electron chi connectivity index (χ0n) is 12.8. The molecule has 3 heteroatoms. The normalized spacial score (nSPS) is 10.5. The lowest BCUT2D eigenvalue weighted by atomic mass is 10.1. The summed E-state index contributed by atoms with van der Waals surface area (Å²) in [6.07, 6.45) is 0.109. The van der Waals surface area contributed by atoms with Crippen molar-refractivity contribution in [2.45, 2.75) is 33.8 Å². The monoisotopic (exact) mass is 284 g/mol. The molecular formula is C18H20O3. The van der Waals surface area contributed by atoms with Crippen LogP contribution in [0.4, 0.5) is 0 Å². The zero-order chi connectivity index (χ0) is 15.4. The summed E-state index contributed by atoms with van der Waals surface area (Å²) in [5.41, 5.74) is 2.64. The van der Waals surface area contributed by atoms with Gasteiger partial charge in [-0.2, -0.15) is 0 Å². The number of hydrogen-bond acceptors (Lipinski definition) is 3. The van der Waals surface area contributed by atoms with E-state index in [-0.39, 0.29) is 12.1 Å². The summed E-state index contributed by atoms with van der Waals surface area (Å²) in [5.74, 6) is 0.948. The molecule has 0 saturated carbocycles. The van der Waals surface area contributed by atoms with Gasteiger partial charge in [-0.3, -0.25) is 0 Å². The highest BCUT2D eigenvalue weighted by Gasteiger charge is 2.09. The van der Waals surface area contributed by atoms with E-state index in [9.17, 15) is 4.79 Å². The lowest BCUT2D eigenvalue weighted by molar-refractivity contribution is 0.0734. The average molecular weight is 284 g/mol. The fourth-order valence-electron chi connectivity index (χ4n) is 2.10. The van der Waals surface area contributed by atoms with Gasteiger partial charge in [-0.1, -0.05) is 6.07 Å². The minimum absolute atomic E-state index is 0.109. The van der Waals surface area contributed by atoms with Gasteiger partial charge < -0.3 is 9.47 Å². The first-order valence-electron chi connectivity index (χ1n) is 7.01. The SMILES string of the molecule is Cc1cc(C)cc(OC(=O)c2ccc(OC(C)C)cc2)c1. The topological polar surface area (TPSA) is 35.5 Å². The Bertz CT molecular complexity index is 607. The first-order chi connectivity index (χ1) is 9.94. The van der Waals surface area contributed by atoms with Gasteiger partial charge in [-0.05, 0) is 75.2 Å². The smallest absolute Gasteiger partial charge is 0.343 e. The molecule has 0 heterocycles. The lowest BCUT2D eigenvalue weighted by Crippen LogP contribution is -2.09. The van der Waals surface area contributed by atoms with E-state index in [0.29, 0.717) is 11.3 Å². The van der Waals surface area contributed by atoms with Gasteiger partial charge in [0, 0.05) is 0 Å². The minimum atomic E-state index is -0.365. The molecule has 0 N–H and O–H groups in total. The van der Waals surface area contributed by atoms with Crippen molar-refractivity contribution < 1.29 is 14.3 Å². The summed E-state index contributed by atoms with van der Waals surface area (Å²) >= 11 is 0. The Kier molecular flexibility index (Phi) is 4.63. The molecule has 0 saturated heterocycles. The quantitative estimate of drug-likeness (QED) is 0.620. The first kappa shape index (κ1) is 15.1. The van der Waals surface area contributed by atoms with Gasteiger partial charge in [0.25, 0.3) is 0 Å². The number of rotatable bonds is 4. The molecule has 0 atom stereocenters. The van der Waals surface area contributed by atoms with Crippen LogP contribution in [-0.2, 0) is 0 Å². The molecule has 0 bridgehead atoms. The van der Waals surface area contributed by atoms with Crippen LogP contribution in [0.5, 0.6) is 11.5 Å². The van der Waals surface area contributed by atoms with Crippen LogP contribution in [0.2, 0.25) is 0 Å². The number of esters is 1. The summed E-state index contributed by atoms with van der Waals surface area (Å²) in [5, 5.41) is 0. The molecule has 0 spiro atoms. The molecule has 0 fully saturated rings. The maximum atomic E-state index is 12.1. The fraction of sp³-hybridized carbons (Fsp3) is 0.278. The van der Waals surface area contributed by atoms with Crippen molar-refractivity contribution >= 4 is 5.97 Å². The van der Waals surface area contributed by atoms with Crippen LogP contribution in [0.3, 0.4) is 0 Å². The Morgan fingerprint density at radius 2 is 1.48 bits per heavy atom. The van der Waals surface area contributed by atoms with Crippen molar-refractivity contribution in [3.8, 4) is 11.5 Å². The third-order valence-electron chi connectivity index (χ3n) is 2.87. The van der Waals surface area contributed by atoms with Crippen molar-refractivity contribution in [1.29, 1.82) is 0 Å². The second-order valence-corrected chi connectivity index (χ2v) is 5.40. The van der Waals surface area contributed by atoms with Crippen molar-refractivity contribution in [2.75, 3.05) is 0 Å². The molecule has 0 aliphatic carbocycles. The van der Waals surface area contributed by atoms with Crippen LogP contribution in [0.25, 0.3) is 0 Å². The van der Waals surface area contributed by atoms with E-state index in [1.54, 1.807) is 24.3 Å². The van der Waals surface area contributed by atoms with E-state index in [1.165, 1.54) is 0 Å². The molecule has 3 nitrogen and oxygen atoms in total. The number of benzene rings is 2. The molecule has 110 valence electrons. The number of carbonyl (C=O) groups is 1. The summed E-state index contributed by atoms with van der Waals surface area (Å²) in [4.78, 5) is 12.1. The molecule has 2 aromatic rings. The van der Waals surface area contributed by atoms with E-state index in [1.807, 2.05) is 45.9 Å². The largest absolute Gasteiger partial charge is 0.491 e. The molecule has 0 aliphatic heterocycles. The Balaban J connectivity index is 2.09. The second-order valence-electron chi connectivity index (χ2n) is 5.40. The first-order valence-corrected chi connectivity index (χ1v) is 7.01. The summed E-state index contributed by atoms with van der Waals surface area (Å²) < 4.78 is 10.9. The van der Waals surface area contributed by atoms with E-state index in [0.717, 1.165) is 16.9 Å². The summed E-state index contributed by atoms with van der Waals surface area (Å²) in [6, 6.07) is 12.7. The Morgan fingerprint density at radius 3 is 2.00 bits per heavy atom. The van der Waals surface area contributed by atoms with Crippen LogP contribution in [0.15, 0.2) is 42.5 Å². The number of ether oxygens (including phenoxy) is 2. The van der Waals surface area contributed by atoms with Gasteiger partial charge in [0.05, 0.1) is 11.7 Å². The zero-order valence-corrected chi connectivity index (χ0v) is 12.8. The number of aryl methyl sites for hydroxylation is 2. The van der Waals surface area contributed by atoms with Crippen molar-refractivity contribution in [3.63, 3.8) is 0 Å². The summed E-state index contributed by atoms with van der Waals surface area (Å²) in [7, 11) is 0. The lowest BCUT2D eigenvalue weighted by Gasteiger charge is -2.10. The molecule has 0 aromatic heterocycles. The summed E-state index contributed by atoms with van der Waals surface area (Å²) in [6.45, 7) is 7.87. The van der Waals surface area contributed by atoms with E-state index < -0.39 is 0 Å². The molecule has 0 radical (unpaired) electrons. The van der Waals surface area contributed by atoms with Gasteiger partial charge in [-0.25, -0.2) is 4.79 Å². The van der Waals surface area contributed by atoms with E-state index in [4.69, 9.17) is 9.47 Å². The molecule has 0 amide bonds. The van der Waals surface area contributed by atoms with Crippen molar-refractivity contribution in [2.24, 2.45) is 0 Å². The second kappa shape index (κ2) is 6.44. The molecule has 0 unspecified atom stereocenters. The maximum Gasteiger partial charge on any atom is 0.343 e. The van der Waals surface area contributed by atoms with Crippen LogP contribution in [-0.4, -0.2) is 12.1 Å². The number of carbonyl (C=O) groups excluding carboxylic acids is 1. The predicted octanol–water partition coefficient (Wildman–Crippen LogP) is 4.31. The molecule has 21 heavy (non-hydrogen) atoms. The van der Waals surface area contributed by atoms with Crippen molar-refractivity contribution in [3.05, 3.63) is 59.2 Å². The maximum absolute atomic E-state index is 12.1. The highest BCUT2D eigenvalue weighted by Crippen LogP contribution is 2.19. The Labute approximate surface area is 125 Å². The fourth-order valence-corrected chi connectivity index (χ4v) is 2.10. The molecule has 0 aliphatic rings. The standard InChI is InChI=1S/C18H20O3/c1-12(2)20-16-7-5-15(6-8-16)18(19)21-17-10-13(3)9-14(4)11-17/h5-12H,1-4H3. The number of hydrogen-bond donors (Lipinski definition) is 0. The molecule has 2 aromatic carbocycles. The Hall–Kier alpha value is -2.29. The van der Waals surface area contributed by atoms with Gasteiger partial charge >= 0.3 is 5.97 Å². The van der Waals surface area contributed by atoms with E-state index in [2.05, 4.69) is 0 Å². The van der Waals surface area contributed by atoms with Gasteiger partial charge in [0.2, 0.25) is 0 Å². The van der Waals surface area contributed by atoms with Crippen LogP contribution in [0.1, 0.15) is 35.3 Å². The van der Waals surface area contributed by atoms with Crippen LogP contribution in [0, 0.1) is 13.8 Å². The third kappa shape index (κ3) is 4.35. The third-order valence-corrected chi connectivity index (χ3v) is 2.87. The predicted molar refractivity (Wildman–Crippen MR) is 83.1 cm³/mol. The molecule has 2 rings (SSSR count). The van der Waals surface area contributed by atoms with Crippen molar-refractivity contribution in [1.82, 2.24) is 0 Å². The molecular weight excluding hydrogens is 264 g/mol. The van der Waals surface area contributed by atoms with Crippen LogP contribution >= 0.6 is 0 Å². The minimum Gasteiger partial charge on any atom is -0.491 e. The van der Waals surface area contributed by atoms with Crippen LogP contribution < -0.4 is 9.47 Å². The highest BCUT2D eigenvalue weighted by atomic mass is 16.5. The Morgan fingerprint density at radius 1 is 0.905 bits per heavy atom. The highest BCUT2D eigenvalue weighted by molar-refractivity contribution is 5.91. The van der Waals surface area contributed by atoms with E-state index >= 15 is 0 Å². The van der Waals surface area contributed by atoms with Gasteiger partial charge in [-0.15, -0.1) is 0 Å². The van der Waals surface area contributed by atoms with Gasteiger partial charge in [0.15, 0.2) is 0 Å². The van der Waals surface area contributed by atoms with Gasteiger partial charge in [0.1, 0.15) is 11.5 Å².